The van der Waals surface area contributed by atoms with Crippen molar-refractivity contribution < 1.29 is 8.42 Å². The van der Waals surface area contributed by atoms with E-state index in [2.05, 4.69) is 14.9 Å². The first-order valence-corrected chi connectivity index (χ1v) is 13.0. The van der Waals surface area contributed by atoms with E-state index < -0.39 is 10.0 Å². The number of hydrogen-bond donors (Lipinski definition) is 1. The van der Waals surface area contributed by atoms with E-state index in [1.807, 2.05) is 42.5 Å². The topological polar surface area (TPSA) is 110 Å². The summed E-state index contributed by atoms with van der Waals surface area (Å²) in [4.78, 5) is 24.0. The van der Waals surface area contributed by atoms with Gasteiger partial charge in [0, 0.05) is 31.1 Å². The third kappa shape index (κ3) is 4.26. The summed E-state index contributed by atoms with van der Waals surface area (Å²) in [5.74, 6) is 0.560. The third-order valence-corrected chi connectivity index (χ3v) is 8.87. The van der Waals surface area contributed by atoms with E-state index in [4.69, 9.17) is 0 Å². The number of nitriles is 1. The van der Waals surface area contributed by atoms with E-state index in [1.54, 1.807) is 12.1 Å². The third-order valence-electron chi connectivity index (χ3n) is 5.84. The van der Waals surface area contributed by atoms with Gasteiger partial charge in [0.1, 0.15) is 16.7 Å². The van der Waals surface area contributed by atoms with Crippen molar-refractivity contribution in [2.45, 2.75) is 11.4 Å². The van der Waals surface area contributed by atoms with Gasteiger partial charge in [-0.25, -0.2) is 13.4 Å². The fourth-order valence-corrected chi connectivity index (χ4v) is 6.68. The van der Waals surface area contributed by atoms with Crippen molar-refractivity contribution in [3.8, 4) is 16.5 Å². The Balaban J connectivity index is 1.30. The zero-order valence-corrected chi connectivity index (χ0v) is 19.8. The van der Waals surface area contributed by atoms with Crippen LogP contribution < -0.4 is 5.56 Å². The first-order valence-electron chi connectivity index (χ1n) is 10.8. The van der Waals surface area contributed by atoms with Gasteiger partial charge in [0.25, 0.3) is 5.56 Å². The monoisotopic (exact) mass is 491 g/mol. The summed E-state index contributed by atoms with van der Waals surface area (Å²) in [6, 6.07) is 19.9. The van der Waals surface area contributed by atoms with Crippen LogP contribution in [0, 0.1) is 11.3 Å². The maximum Gasteiger partial charge on any atom is 0.259 e. The predicted octanol–water partition coefficient (Wildman–Crippen LogP) is 3.03. The van der Waals surface area contributed by atoms with Crippen molar-refractivity contribution in [2.24, 2.45) is 0 Å². The lowest BCUT2D eigenvalue weighted by atomic mass is 10.2. The Morgan fingerprint density at radius 1 is 1.03 bits per heavy atom. The number of rotatable bonds is 5. The van der Waals surface area contributed by atoms with Crippen LogP contribution in [-0.2, 0) is 16.6 Å². The van der Waals surface area contributed by atoms with Gasteiger partial charge in [-0.05, 0) is 23.8 Å². The van der Waals surface area contributed by atoms with E-state index >= 15 is 0 Å². The zero-order chi connectivity index (χ0) is 23.7. The Hall–Kier alpha value is -3.36. The molecule has 0 unspecified atom stereocenters. The lowest BCUT2D eigenvalue weighted by molar-refractivity contribution is 0.178. The molecule has 0 spiro atoms. The average molecular weight is 492 g/mol. The van der Waals surface area contributed by atoms with Crippen LogP contribution in [0.1, 0.15) is 11.4 Å². The number of fused-ring (bicyclic) bond motifs is 1. The molecule has 1 N–H and O–H groups in total. The maximum atomic E-state index is 13.0. The Morgan fingerprint density at radius 2 is 1.74 bits per heavy atom. The standard InChI is InChI=1S/C24H21N5O3S2/c25-15-18-8-4-5-9-21(18)34(31,32)29-12-10-28(11-13-29)16-22-26-23(30)19-14-20(33-24(19)27-22)17-6-2-1-3-7-17/h1-9,14H,10-13,16H2,(H,26,27,30). The number of benzene rings is 2. The van der Waals surface area contributed by atoms with Gasteiger partial charge < -0.3 is 4.98 Å². The number of aromatic nitrogens is 2. The van der Waals surface area contributed by atoms with Gasteiger partial charge >= 0.3 is 0 Å². The van der Waals surface area contributed by atoms with Crippen molar-refractivity contribution in [3.05, 3.63) is 82.4 Å². The van der Waals surface area contributed by atoms with E-state index in [0.29, 0.717) is 48.8 Å². The molecule has 1 saturated heterocycles. The number of piperazine rings is 1. The highest BCUT2D eigenvalue weighted by Gasteiger charge is 2.30. The van der Waals surface area contributed by atoms with E-state index in [1.165, 1.54) is 27.8 Å². The largest absolute Gasteiger partial charge is 0.309 e. The van der Waals surface area contributed by atoms with Gasteiger partial charge in [-0.15, -0.1) is 11.3 Å². The minimum atomic E-state index is -3.75. The van der Waals surface area contributed by atoms with Crippen molar-refractivity contribution in [1.29, 1.82) is 5.26 Å². The van der Waals surface area contributed by atoms with Crippen molar-refractivity contribution in [2.75, 3.05) is 26.2 Å². The molecule has 2 aromatic heterocycles. The van der Waals surface area contributed by atoms with Crippen molar-refractivity contribution >= 4 is 31.6 Å². The number of thiophene rings is 1. The summed E-state index contributed by atoms with van der Waals surface area (Å²) < 4.78 is 27.5. The van der Waals surface area contributed by atoms with Crippen LogP contribution in [-0.4, -0.2) is 53.8 Å². The number of hydrogen-bond acceptors (Lipinski definition) is 7. The SMILES string of the molecule is N#Cc1ccccc1S(=O)(=O)N1CCN(Cc2nc3sc(-c4ccccc4)cc3c(=O)[nH]2)CC1. The Kier molecular flexibility index (Phi) is 6.02. The summed E-state index contributed by atoms with van der Waals surface area (Å²) in [6.07, 6.45) is 0. The average Bonchev–Trinajstić information content (AvgIpc) is 3.30. The summed E-state index contributed by atoms with van der Waals surface area (Å²) in [7, 11) is -3.75. The highest BCUT2D eigenvalue weighted by atomic mass is 32.2. The molecule has 8 nitrogen and oxygen atoms in total. The number of H-pyrrole nitrogens is 1. The number of nitrogens with zero attached hydrogens (tertiary/aromatic N) is 4. The highest BCUT2D eigenvalue weighted by Crippen LogP contribution is 2.30. The molecular weight excluding hydrogens is 470 g/mol. The molecule has 0 saturated carbocycles. The van der Waals surface area contributed by atoms with Crippen molar-refractivity contribution in [1.82, 2.24) is 19.2 Å². The predicted molar refractivity (Wildman–Crippen MR) is 131 cm³/mol. The lowest BCUT2D eigenvalue weighted by Gasteiger charge is -2.33. The fourth-order valence-electron chi connectivity index (χ4n) is 4.06. The molecule has 0 atom stereocenters. The normalized spacial score (nSPS) is 15.4. The van der Waals surface area contributed by atoms with Crippen LogP contribution in [0.4, 0.5) is 0 Å². The molecule has 2 aromatic carbocycles. The molecule has 172 valence electrons. The molecule has 1 fully saturated rings. The smallest absolute Gasteiger partial charge is 0.259 e. The molecule has 1 aliphatic heterocycles. The molecule has 3 heterocycles. The molecule has 4 aromatic rings. The van der Waals surface area contributed by atoms with Crippen LogP contribution in [0.25, 0.3) is 20.7 Å². The minimum Gasteiger partial charge on any atom is -0.309 e. The first kappa shape index (κ1) is 22.4. The highest BCUT2D eigenvalue weighted by molar-refractivity contribution is 7.89. The van der Waals surface area contributed by atoms with Gasteiger partial charge in [-0.1, -0.05) is 42.5 Å². The van der Waals surface area contributed by atoms with Gasteiger partial charge in [0.15, 0.2) is 0 Å². The van der Waals surface area contributed by atoms with E-state index in [0.717, 1.165) is 10.4 Å². The molecule has 0 aliphatic carbocycles. The van der Waals surface area contributed by atoms with E-state index in [-0.39, 0.29) is 16.0 Å². The second-order valence-electron chi connectivity index (χ2n) is 8.00. The van der Waals surface area contributed by atoms with Crippen LogP contribution in [0.3, 0.4) is 0 Å². The summed E-state index contributed by atoms with van der Waals surface area (Å²) in [6.45, 7) is 2.01. The molecule has 0 amide bonds. The zero-order valence-electron chi connectivity index (χ0n) is 18.1. The fraction of sp³-hybridized carbons (Fsp3) is 0.208. The molecule has 34 heavy (non-hydrogen) atoms. The van der Waals surface area contributed by atoms with E-state index in [9.17, 15) is 18.5 Å². The maximum absolute atomic E-state index is 13.0. The Labute approximate surface area is 200 Å². The van der Waals surface area contributed by atoms with Crippen molar-refractivity contribution in [3.63, 3.8) is 0 Å². The second-order valence-corrected chi connectivity index (χ2v) is 10.9. The quantitative estimate of drug-likeness (QED) is 0.460. The van der Waals surface area contributed by atoms with Gasteiger partial charge in [0.2, 0.25) is 10.0 Å². The molecule has 5 rings (SSSR count). The molecule has 0 bridgehead atoms. The number of aromatic amines is 1. The molecule has 1 aliphatic rings. The summed E-state index contributed by atoms with van der Waals surface area (Å²) >= 11 is 1.48. The molecule has 10 heteroatoms. The van der Waals surface area contributed by atoms with Crippen LogP contribution >= 0.6 is 11.3 Å². The van der Waals surface area contributed by atoms with Crippen LogP contribution in [0.2, 0.25) is 0 Å². The lowest BCUT2D eigenvalue weighted by Crippen LogP contribution is -2.48. The summed E-state index contributed by atoms with van der Waals surface area (Å²) in [5, 5.41) is 9.84. The minimum absolute atomic E-state index is 0.0364. The van der Waals surface area contributed by atoms with Gasteiger partial charge in [-0.3, -0.25) is 9.69 Å². The molecule has 0 radical (unpaired) electrons. The van der Waals surface area contributed by atoms with Gasteiger partial charge in [0.05, 0.1) is 22.4 Å². The first-order chi connectivity index (χ1) is 16.5. The Bertz CT molecular complexity index is 1550. The number of nitrogens with one attached hydrogen (secondary N) is 1. The number of sulfonamides is 1. The van der Waals surface area contributed by atoms with Crippen LogP contribution in [0.5, 0.6) is 0 Å². The Morgan fingerprint density at radius 3 is 2.47 bits per heavy atom. The second kappa shape index (κ2) is 9.12. The molecular formula is C24H21N5O3S2. The summed E-state index contributed by atoms with van der Waals surface area (Å²) in [5.41, 5.74) is 1.01. The van der Waals surface area contributed by atoms with Crippen LogP contribution in [0.15, 0.2) is 70.4 Å². The van der Waals surface area contributed by atoms with Gasteiger partial charge in [-0.2, -0.15) is 9.57 Å².